The van der Waals surface area contributed by atoms with Crippen LogP contribution in [0.25, 0.3) is 0 Å². The molecule has 0 aliphatic carbocycles. The molecule has 1 unspecified atom stereocenters. The molecule has 0 aromatic rings. The predicted octanol–water partition coefficient (Wildman–Crippen LogP) is 4.76. The summed E-state index contributed by atoms with van der Waals surface area (Å²) >= 11 is -1.01. The summed E-state index contributed by atoms with van der Waals surface area (Å²) in [7, 11) is 0. The van der Waals surface area contributed by atoms with Crippen LogP contribution in [0.5, 0.6) is 0 Å². The summed E-state index contributed by atoms with van der Waals surface area (Å²) < 4.78 is 12.0. The molecule has 2 nitrogen and oxygen atoms in total. The van der Waals surface area contributed by atoms with Crippen molar-refractivity contribution in [3.8, 4) is 0 Å². The zero-order chi connectivity index (χ0) is 12.9. The van der Waals surface area contributed by atoms with Gasteiger partial charge in [-0.1, -0.05) is 63.9 Å². The maximum atomic E-state index is 6.22. The largest absolute Gasteiger partial charge is 0.478 e. The van der Waals surface area contributed by atoms with Crippen molar-refractivity contribution in [1.82, 2.24) is 0 Å². The van der Waals surface area contributed by atoms with Crippen LogP contribution in [0.15, 0.2) is 0 Å². The molecule has 0 amide bonds. The Morgan fingerprint density at radius 3 is 1.88 bits per heavy atom. The van der Waals surface area contributed by atoms with Crippen LogP contribution in [-0.4, -0.2) is 27.4 Å². The first-order valence-corrected chi connectivity index (χ1v) is 9.65. The molecule has 0 aliphatic rings. The molecule has 3 heteroatoms. The van der Waals surface area contributed by atoms with Crippen LogP contribution in [0, 0.1) is 0 Å². The highest BCUT2D eigenvalue weighted by molar-refractivity contribution is 6.51. The van der Waals surface area contributed by atoms with Gasteiger partial charge in [-0.15, -0.1) is 0 Å². The molecule has 0 saturated heterocycles. The Morgan fingerprint density at radius 1 is 0.882 bits per heavy atom. The highest BCUT2D eigenvalue weighted by Gasteiger charge is 2.22. The third-order valence-electron chi connectivity index (χ3n) is 2.94. The zero-order valence-corrected chi connectivity index (χ0v) is 13.5. The van der Waals surface area contributed by atoms with Gasteiger partial charge in [0.2, 0.25) is 0 Å². The maximum absolute atomic E-state index is 6.22. The average molecular weight is 258 g/mol. The SMILES string of the molecule is CCC[CH2][Al]([CH2]CCC)[O]C(CC)OCCC. The quantitative estimate of drug-likeness (QED) is 0.371. The van der Waals surface area contributed by atoms with Crippen molar-refractivity contribution in [2.24, 2.45) is 0 Å². The topological polar surface area (TPSA) is 18.5 Å². The first-order chi connectivity index (χ1) is 8.28. The van der Waals surface area contributed by atoms with Crippen LogP contribution in [0.1, 0.15) is 66.2 Å². The molecule has 17 heavy (non-hydrogen) atoms. The van der Waals surface area contributed by atoms with E-state index >= 15 is 0 Å². The second-order valence-corrected chi connectivity index (χ2v) is 7.42. The molecule has 0 spiro atoms. The van der Waals surface area contributed by atoms with Crippen molar-refractivity contribution in [3.05, 3.63) is 0 Å². The molecule has 0 heterocycles. The minimum absolute atomic E-state index is 0.0697. The summed E-state index contributed by atoms with van der Waals surface area (Å²) in [5, 5.41) is 2.64. The Labute approximate surface area is 113 Å². The van der Waals surface area contributed by atoms with Gasteiger partial charge in [-0.2, -0.15) is 0 Å². The second-order valence-electron chi connectivity index (χ2n) is 4.75. The van der Waals surface area contributed by atoms with Gasteiger partial charge in [0.15, 0.2) is 0 Å². The van der Waals surface area contributed by atoms with Crippen LogP contribution in [0.3, 0.4) is 0 Å². The van der Waals surface area contributed by atoms with Crippen LogP contribution >= 0.6 is 0 Å². The van der Waals surface area contributed by atoms with Crippen molar-refractivity contribution in [2.75, 3.05) is 6.61 Å². The van der Waals surface area contributed by atoms with E-state index in [4.69, 9.17) is 8.53 Å². The highest BCUT2D eigenvalue weighted by atomic mass is 27.2. The van der Waals surface area contributed by atoms with Gasteiger partial charge in [0.25, 0.3) is 0 Å². The van der Waals surface area contributed by atoms with E-state index in [-0.39, 0.29) is 6.29 Å². The van der Waals surface area contributed by atoms with Gasteiger partial charge in [0.05, 0.1) is 0 Å². The predicted molar refractivity (Wildman–Crippen MR) is 76.6 cm³/mol. The van der Waals surface area contributed by atoms with Gasteiger partial charge >= 0.3 is 14.5 Å². The summed E-state index contributed by atoms with van der Waals surface area (Å²) in [5.41, 5.74) is 0. The van der Waals surface area contributed by atoms with Gasteiger partial charge in [-0.3, -0.25) is 0 Å². The van der Waals surface area contributed by atoms with Gasteiger partial charge in [-0.25, -0.2) is 0 Å². The van der Waals surface area contributed by atoms with Crippen LogP contribution < -0.4 is 0 Å². The van der Waals surface area contributed by atoms with Crippen molar-refractivity contribution in [1.29, 1.82) is 0 Å². The maximum Gasteiger partial charge on any atom is 0.462 e. The van der Waals surface area contributed by atoms with E-state index in [1.165, 1.54) is 36.2 Å². The molecule has 102 valence electrons. The van der Waals surface area contributed by atoms with E-state index < -0.39 is 14.5 Å². The Bertz CT molecular complexity index is 145. The molecule has 0 saturated carbocycles. The molecule has 0 radical (unpaired) electrons. The van der Waals surface area contributed by atoms with Crippen LogP contribution in [0.2, 0.25) is 10.6 Å². The lowest BCUT2D eigenvalue weighted by Gasteiger charge is -2.22. The lowest BCUT2D eigenvalue weighted by Crippen LogP contribution is -2.27. The number of hydrogen-bond donors (Lipinski definition) is 0. The molecule has 0 aromatic heterocycles. The first kappa shape index (κ1) is 17.5. The molecular weight excluding hydrogens is 227 g/mol. The van der Waals surface area contributed by atoms with Crippen molar-refractivity contribution >= 4 is 14.5 Å². The van der Waals surface area contributed by atoms with Crippen molar-refractivity contribution in [2.45, 2.75) is 83.1 Å². The fourth-order valence-electron chi connectivity index (χ4n) is 1.86. The normalized spacial score (nSPS) is 12.7. The lowest BCUT2D eigenvalue weighted by atomic mass is 10.4. The molecule has 0 bridgehead atoms. The summed E-state index contributed by atoms with van der Waals surface area (Å²) in [4.78, 5) is 0. The van der Waals surface area contributed by atoms with E-state index in [0.29, 0.717) is 0 Å². The minimum Gasteiger partial charge on any atom is -0.478 e. The van der Waals surface area contributed by atoms with E-state index in [1.54, 1.807) is 0 Å². The minimum atomic E-state index is -1.01. The van der Waals surface area contributed by atoms with E-state index in [1.807, 2.05) is 0 Å². The summed E-state index contributed by atoms with van der Waals surface area (Å²) in [6.45, 7) is 9.66. The summed E-state index contributed by atoms with van der Waals surface area (Å²) in [6.07, 6.45) is 7.35. The zero-order valence-electron chi connectivity index (χ0n) is 12.3. The molecule has 0 N–H and O–H groups in total. The fourth-order valence-corrected chi connectivity index (χ4v) is 4.85. The van der Waals surface area contributed by atoms with Crippen molar-refractivity contribution in [3.63, 3.8) is 0 Å². The number of ether oxygens (including phenoxy) is 1. The van der Waals surface area contributed by atoms with Crippen LogP contribution in [-0.2, 0) is 8.53 Å². The van der Waals surface area contributed by atoms with E-state index in [2.05, 4.69) is 27.7 Å². The molecule has 0 fully saturated rings. The van der Waals surface area contributed by atoms with Crippen molar-refractivity contribution < 1.29 is 8.53 Å². The van der Waals surface area contributed by atoms with Gasteiger partial charge in [0, 0.05) is 6.61 Å². The lowest BCUT2D eigenvalue weighted by molar-refractivity contribution is -0.0845. The monoisotopic (exact) mass is 258 g/mol. The number of hydrogen-bond acceptors (Lipinski definition) is 2. The number of rotatable bonds is 12. The van der Waals surface area contributed by atoms with Crippen LogP contribution in [0.4, 0.5) is 0 Å². The molecular formula is C14H31AlO2. The molecule has 0 aliphatic heterocycles. The van der Waals surface area contributed by atoms with Gasteiger partial charge < -0.3 is 8.53 Å². The third kappa shape index (κ3) is 10.1. The average Bonchev–Trinajstić information content (AvgIpc) is 2.36. The third-order valence-corrected chi connectivity index (χ3v) is 5.74. The smallest absolute Gasteiger partial charge is 0.462 e. The molecule has 0 aromatic carbocycles. The first-order valence-electron chi connectivity index (χ1n) is 7.55. The number of unbranched alkanes of at least 4 members (excludes halogenated alkanes) is 2. The molecule has 0 rings (SSSR count). The van der Waals surface area contributed by atoms with E-state index in [0.717, 1.165) is 19.4 Å². The second kappa shape index (κ2) is 12.9. The highest BCUT2D eigenvalue weighted by Crippen LogP contribution is 2.15. The Kier molecular flexibility index (Phi) is 13.2. The fraction of sp³-hybridized carbons (Fsp3) is 1.00. The Hall–Kier alpha value is 0.452. The Balaban J connectivity index is 3.97. The van der Waals surface area contributed by atoms with Gasteiger partial charge in [0.1, 0.15) is 6.29 Å². The van der Waals surface area contributed by atoms with Gasteiger partial charge in [-0.05, 0) is 12.8 Å². The standard InChI is InChI=1S/C6H13O2.2C4H9.Al/c1-3-5-8-6(7)4-2;2*1-3-4-2;/h6H,3-5H2,1-2H3;2*1,3-4H2,2H3;/q-1;;;+1. The Morgan fingerprint density at radius 2 is 1.47 bits per heavy atom. The van der Waals surface area contributed by atoms with E-state index in [9.17, 15) is 0 Å². The summed E-state index contributed by atoms with van der Waals surface area (Å²) in [6, 6.07) is 0. The summed E-state index contributed by atoms with van der Waals surface area (Å²) in [5.74, 6) is 0. The molecule has 1 atom stereocenters.